The lowest BCUT2D eigenvalue weighted by atomic mass is 9.95. The van der Waals surface area contributed by atoms with E-state index in [1.165, 1.54) is 5.56 Å². The lowest BCUT2D eigenvalue weighted by Crippen LogP contribution is -2.33. The third-order valence-corrected chi connectivity index (χ3v) is 5.50. The van der Waals surface area contributed by atoms with Crippen LogP contribution in [0, 0.1) is 19.7 Å². The second-order valence-corrected chi connectivity index (χ2v) is 7.90. The molecule has 4 nitrogen and oxygen atoms in total. The molecule has 3 atom stereocenters. The number of ether oxygens (including phenoxy) is 1. The number of aliphatic hydroxyl groups is 2. The average molecular weight is 383 g/mol. The summed E-state index contributed by atoms with van der Waals surface area (Å²) in [5.74, 6) is -0.261. The van der Waals surface area contributed by atoms with E-state index in [0.717, 1.165) is 22.1 Å². The van der Waals surface area contributed by atoms with Crippen LogP contribution in [-0.2, 0) is 11.3 Å². The predicted molar refractivity (Wildman–Crippen MR) is 107 cm³/mol. The molecule has 2 aromatic carbocycles. The topological polar surface area (TPSA) is 54.6 Å². The van der Waals surface area contributed by atoms with Crippen LogP contribution in [0.5, 0.6) is 0 Å². The number of hydrogen-bond donors (Lipinski definition) is 2. The van der Waals surface area contributed by atoms with Crippen molar-refractivity contribution in [2.45, 2.75) is 51.5 Å². The predicted octanol–water partition coefficient (Wildman–Crippen LogP) is 4.02. The van der Waals surface area contributed by atoms with Gasteiger partial charge in [0.15, 0.2) is 0 Å². The molecule has 0 bridgehead atoms. The Morgan fingerprint density at radius 3 is 2.57 bits per heavy atom. The summed E-state index contributed by atoms with van der Waals surface area (Å²) >= 11 is 0. The highest BCUT2D eigenvalue weighted by atomic mass is 19.1. The number of aryl methyl sites for hydroxylation is 2. The van der Waals surface area contributed by atoms with E-state index < -0.39 is 12.2 Å². The van der Waals surface area contributed by atoms with Gasteiger partial charge in [-0.05, 0) is 37.1 Å². The van der Waals surface area contributed by atoms with Crippen LogP contribution in [0.3, 0.4) is 0 Å². The van der Waals surface area contributed by atoms with Crippen molar-refractivity contribution in [3.63, 3.8) is 0 Å². The highest BCUT2D eigenvalue weighted by molar-refractivity contribution is 5.86. The van der Waals surface area contributed by atoms with Gasteiger partial charge in [0, 0.05) is 36.5 Å². The molecule has 0 spiro atoms. The first-order valence-corrected chi connectivity index (χ1v) is 9.73. The Hall–Kier alpha value is -2.21. The third-order valence-electron chi connectivity index (χ3n) is 5.50. The maximum atomic E-state index is 14.9. The van der Waals surface area contributed by atoms with Crippen LogP contribution in [-0.4, -0.2) is 33.6 Å². The first-order valence-electron chi connectivity index (χ1n) is 9.73. The first-order chi connectivity index (χ1) is 13.4. The number of rotatable bonds is 4. The molecule has 1 aromatic heterocycles. The number of hydrogen-bond acceptors (Lipinski definition) is 3. The molecule has 148 valence electrons. The first kappa shape index (κ1) is 19.1. The van der Waals surface area contributed by atoms with Gasteiger partial charge in [-0.1, -0.05) is 29.8 Å². The standard InChI is InChI=1S/C23H26FNO3/c1-14-3-5-16(6-4-14)11-25-12-20(19-7-15(2)8-21(24)23(19)25)22-10-17(27)9-18(13-26)28-22/h3-8,12,17-18,22,26-27H,9-11,13H2,1-2H3/t17?,18-,22+/m0/s1. The van der Waals surface area contributed by atoms with Gasteiger partial charge in [-0.15, -0.1) is 0 Å². The van der Waals surface area contributed by atoms with E-state index >= 15 is 0 Å². The fourth-order valence-electron chi connectivity index (χ4n) is 4.13. The highest BCUT2D eigenvalue weighted by Gasteiger charge is 2.31. The van der Waals surface area contributed by atoms with Gasteiger partial charge < -0.3 is 19.5 Å². The summed E-state index contributed by atoms with van der Waals surface area (Å²) in [6.07, 6.45) is 1.48. The minimum absolute atomic E-state index is 0.136. The van der Waals surface area contributed by atoms with E-state index in [1.54, 1.807) is 6.07 Å². The van der Waals surface area contributed by atoms with Crippen molar-refractivity contribution in [3.05, 3.63) is 70.7 Å². The Morgan fingerprint density at radius 2 is 1.86 bits per heavy atom. The maximum Gasteiger partial charge on any atom is 0.147 e. The Balaban J connectivity index is 1.79. The fourth-order valence-corrected chi connectivity index (χ4v) is 4.13. The molecule has 0 amide bonds. The van der Waals surface area contributed by atoms with E-state index in [4.69, 9.17) is 4.74 Å². The molecule has 5 heteroatoms. The van der Waals surface area contributed by atoms with Crippen molar-refractivity contribution < 1.29 is 19.3 Å². The van der Waals surface area contributed by atoms with Gasteiger partial charge in [-0.2, -0.15) is 0 Å². The van der Waals surface area contributed by atoms with Gasteiger partial charge in [0.1, 0.15) is 5.82 Å². The van der Waals surface area contributed by atoms with Crippen molar-refractivity contribution in [3.8, 4) is 0 Å². The molecule has 2 N–H and O–H groups in total. The van der Waals surface area contributed by atoms with Crippen LogP contribution in [0.2, 0.25) is 0 Å². The van der Waals surface area contributed by atoms with Gasteiger partial charge in [-0.3, -0.25) is 0 Å². The zero-order chi connectivity index (χ0) is 19.8. The zero-order valence-corrected chi connectivity index (χ0v) is 16.2. The molecule has 3 aromatic rings. The number of aliphatic hydroxyl groups excluding tert-OH is 2. The van der Waals surface area contributed by atoms with Crippen LogP contribution in [0.4, 0.5) is 4.39 Å². The molecule has 4 rings (SSSR count). The summed E-state index contributed by atoms with van der Waals surface area (Å²) in [6.45, 7) is 4.33. The molecule has 28 heavy (non-hydrogen) atoms. The van der Waals surface area contributed by atoms with Gasteiger partial charge >= 0.3 is 0 Å². The van der Waals surface area contributed by atoms with Crippen molar-refractivity contribution in [2.24, 2.45) is 0 Å². The normalized spacial score (nSPS) is 22.7. The molecule has 2 heterocycles. The Bertz CT molecular complexity index is 980. The van der Waals surface area contributed by atoms with Crippen molar-refractivity contribution in [1.29, 1.82) is 0 Å². The lowest BCUT2D eigenvalue weighted by Gasteiger charge is -2.32. The molecule has 1 aliphatic heterocycles. The van der Waals surface area contributed by atoms with Gasteiger partial charge in [0.05, 0.1) is 30.4 Å². The van der Waals surface area contributed by atoms with Crippen LogP contribution in [0.15, 0.2) is 42.6 Å². The number of fused-ring (bicyclic) bond motifs is 1. The van der Waals surface area contributed by atoms with E-state index in [1.807, 2.05) is 30.7 Å². The number of halogens is 1. The van der Waals surface area contributed by atoms with E-state index in [-0.39, 0.29) is 18.5 Å². The average Bonchev–Trinajstić information content (AvgIpc) is 3.01. The van der Waals surface area contributed by atoms with Crippen LogP contribution in [0.25, 0.3) is 10.9 Å². The second-order valence-electron chi connectivity index (χ2n) is 7.90. The van der Waals surface area contributed by atoms with Crippen LogP contribution in [0.1, 0.15) is 41.2 Å². The quantitative estimate of drug-likeness (QED) is 0.716. The summed E-state index contributed by atoms with van der Waals surface area (Å²) in [5.41, 5.74) is 4.52. The molecule has 1 aliphatic rings. The molecule has 0 aliphatic carbocycles. The number of nitrogens with zero attached hydrogens (tertiary/aromatic N) is 1. The lowest BCUT2D eigenvalue weighted by molar-refractivity contribution is -0.113. The number of benzene rings is 2. The monoisotopic (exact) mass is 383 g/mol. The van der Waals surface area contributed by atoms with Gasteiger partial charge in [-0.25, -0.2) is 4.39 Å². The van der Waals surface area contributed by atoms with Gasteiger partial charge in [0.25, 0.3) is 0 Å². The smallest absolute Gasteiger partial charge is 0.147 e. The summed E-state index contributed by atoms with van der Waals surface area (Å²) < 4.78 is 22.9. The number of aromatic nitrogens is 1. The molecular formula is C23H26FNO3. The van der Waals surface area contributed by atoms with E-state index in [9.17, 15) is 14.6 Å². The van der Waals surface area contributed by atoms with Crippen molar-refractivity contribution in [1.82, 2.24) is 4.57 Å². The van der Waals surface area contributed by atoms with Crippen molar-refractivity contribution >= 4 is 10.9 Å². The SMILES string of the molecule is Cc1ccc(Cn2cc([C@H]3CC(O)C[C@@H](CO)O3)c3cc(C)cc(F)c32)cc1. The second kappa shape index (κ2) is 7.66. The van der Waals surface area contributed by atoms with E-state index in [2.05, 4.69) is 24.3 Å². The minimum atomic E-state index is -0.541. The van der Waals surface area contributed by atoms with Gasteiger partial charge in [0.2, 0.25) is 0 Å². The molecule has 1 saturated heterocycles. The summed E-state index contributed by atoms with van der Waals surface area (Å²) in [4.78, 5) is 0. The fraction of sp³-hybridized carbons (Fsp3) is 0.391. The Morgan fingerprint density at radius 1 is 1.11 bits per heavy atom. The molecule has 1 fully saturated rings. The largest absolute Gasteiger partial charge is 0.394 e. The molecule has 0 radical (unpaired) electrons. The summed E-state index contributed by atoms with van der Waals surface area (Å²) in [6, 6.07) is 11.7. The Labute approximate surface area is 164 Å². The third kappa shape index (κ3) is 3.70. The van der Waals surface area contributed by atoms with Crippen LogP contribution < -0.4 is 0 Å². The molecular weight excluding hydrogens is 357 g/mol. The molecule has 0 saturated carbocycles. The highest BCUT2D eigenvalue weighted by Crippen LogP contribution is 2.37. The minimum Gasteiger partial charge on any atom is -0.394 e. The summed E-state index contributed by atoms with van der Waals surface area (Å²) in [7, 11) is 0. The zero-order valence-electron chi connectivity index (χ0n) is 16.2. The van der Waals surface area contributed by atoms with Crippen molar-refractivity contribution in [2.75, 3.05) is 6.61 Å². The molecule has 1 unspecified atom stereocenters. The Kier molecular flexibility index (Phi) is 5.23. The maximum absolute atomic E-state index is 14.9. The summed E-state index contributed by atoms with van der Waals surface area (Å²) in [5, 5.41) is 20.5. The van der Waals surface area contributed by atoms with Crippen LogP contribution >= 0.6 is 0 Å². The van der Waals surface area contributed by atoms with E-state index in [0.29, 0.717) is 24.9 Å².